The van der Waals surface area contributed by atoms with E-state index in [9.17, 15) is 9.59 Å². The summed E-state index contributed by atoms with van der Waals surface area (Å²) in [5.41, 5.74) is 2.29. The van der Waals surface area contributed by atoms with Gasteiger partial charge in [0, 0.05) is 5.57 Å². The monoisotopic (exact) mass is 287 g/mol. The van der Waals surface area contributed by atoms with Crippen molar-refractivity contribution in [1.29, 1.82) is 0 Å². The predicted octanol–water partition coefficient (Wildman–Crippen LogP) is 3.32. The Labute approximate surface area is 125 Å². The van der Waals surface area contributed by atoms with E-state index in [-0.39, 0.29) is 5.91 Å². The van der Waals surface area contributed by atoms with Crippen molar-refractivity contribution < 1.29 is 14.3 Å². The average Bonchev–Trinajstić information content (AvgIpc) is 2.36. The molecule has 0 unspecified atom stereocenters. The average molecular weight is 287 g/mol. The normalized spacial score (nSPS) is 17.3. The number of ether oxygens (including phenoxy) is 1. The van der Waals surface area contributed by atoms with Crippen LogP contribution in [0, 0.1) is 0 Å². The number of nitrogens with zero attached hydrogens (tertiary/aromatic N) is 1. The second kappa shape index (κ2) is 5.72. The molecule has 2 amide bonds. The van der Waals surface area contributed by atoms with Gasteiger partial charge < -0.3 is 4.74 Å². The number of carbonyl (C=O) groups is 2. The first kappa shape index (κ1) is 15.3. The highest BCUT2D eigenvalue weighted by molar-refractivity contribution is 6.09. The smallest absolute Gasteiger partial charge is 0.417 e. The molecule has 21 heavy (non-hydrogen) atoms. The molecule has 0 aromatic heterocycles. The van der Waals surface area contributed by atoms with Gasteiger partial charge in [0.1, 0.15) is 5.60 Å². The van der Waals surface area contributed by atoms with Gasteiger partial charge in [-0.3, -0.25) is 4.79 Å². The maximum atomic E-state index is 12.1. The summed E-state index contributed by atoms with van der Waals surface area (Å²) < 4.78 is 5.20. The molecule has 1 aromatic carbocycles. The molecular weight excluding hydrogens is 266 g/mol. The number of rotatable bonds is 2. The number of β-lactam (4-membered cyclic amide) rings is 1. The number of carbonyl (C=O) groups excluding carboxylic acids is 2. The van der Waals surface area contributed by atoms with Crippen molar-refractivity contribution >= 4 is 12.0 Å². The van der Waals surface area contributed by atoms with Crippen molar-refractivity contribution in [2.45, 2.75) is 39.7 Å². The van der Waals surface area contributed by atoms with Gasteiger partial charge in [0.15, 0.2) is 0 Å². The molecule has 1 aliphatic rings. The number of likely N-dealkylation sites (tertiary alicyclic amines) is 1. The highest BCUT2D eigenvalue weighted by Crippen LogP contribution is 2.25. The second-order valence-corrected chi connectivity index (χ2v) is 6.29. The van der Waals surface area contributed by atoms with Crippen molar-refractivity contribution in [2.75, 3.05) is 6.54 Å². The van der Waals surface area contributed by atoms with E-state index in [0.29, 0.717) is 12.1 Å². The minimum atomic E-state index is -0.587. The quantitative estimate of drug-likeness (QED) is 0.619. The molecule has 0 atom stereocenters. The van der Waals surface area contributed by atoms with Crippen LogP contribution in [0.1, 0.15) is 33.3 Å². The Balaban J connectivity index is 2.01. The highest BCUT2D eigenvalue weighted by Gasteiger charge is 2.39. The Morgan fingerprint density at radius 1 is 1.24 bits per heavy atom. The van der Waals surface area contributed by atoms with E-state index >= 15 is 0 Å². The van der Waals surface area contributed by atoms with Crippen LogP contribution in [0.4, 0.5) is 4.79 Å². The van der Waals surface area contributed by atoms with Crippen LogP contribution in [0.15, 0.2) is 41.5 Å². The molecule has 1 aromatic rings. The fraction of sp³-hybridized carbons (Fsp3) is 0.412. The first-order valence-electron chi connectivity index (χ1n) is 7.05. The lowest BCUT2D eigenvalue weighted by atomic mass is 9.96. The molecule has 1 fully saturated rings. The van der Waals surface area contributed by atoms with E-state index in [2.05, 4.69) is 0 Å². The van der Waals surface area contributed by atoms with Crippen molar-refractivity contribution in [3.8, 4) is 0 Å². The minimum absolute atomic E-state index is 0.238. The molecule has 0 spiro atoms. The molecule has 1 heterocycles. The number of imide groups is 1. The van der Waals surface area contributed by atoms with Gasteiger partial charge >= 0.3 is 6.09 Å². The van der Waals surface area contributed by atoms with Gasteiger partial charge in [0.2, 0.25) is 0 Å². The van der Waals surface area contributed by atoms with Gasteiger partial charge in [-0.15, -0.1) is 0 Å². The summed E-state index contributed by atoms with van der Waals surface area (Å²) in [7, 11) is 0. The molecule has 0 aliphatic carbocycles. The molecule has 0 saturated carbocycles. The van der Waals surface area contributed by atoms with Crippen molar-refractivity contribution in [2.24, 2.45) is 0 Å². The fourth-order valence-electron chi connectivity index (χ4n) is 2.16. The second-order valence-electron chi connectivity index (χ2n) is 6.29. The van der Waals surface area contributed by atoms with Crippen molar-refractivity contribution in [3.05, 3.63) is 47.0 Å². The van der Waals surface area contributed by atoms with Crippen LogP contribution in [-0.4, -0.2) is 29.0 Å². The standard InChI is InChI=1S/C17H21NO3/c1-12(10-13-8-6-5-7-9-13)14-11-18(15(14)19)16(20)21-17(2,3)4/h5-9H,10-11H2,1-4H3/b14-12-. The number of hydrogen-bond acceptors (Lipinski definition) is 3. The largest absolute Gasteiger partial charge is 0.443 e. The zero-order valence-electron chi connectivity index (χ0n) is 13.0. The van der Waals surface area contributed by atoms with Crippen molar-refractivity contribution in [3.63, 3.8) is 0 Å². The van der Waals surface area contributed by atoms with Gasteiger partial charge in [0.05, 0.1) is 6.54 Å². The van der Waals surface area contributed by atoms with E-state index in [0.717, 1.165) is 22.5 Å². The Bertz CT molecular complexity index is 582. The van der Waals surface area contributed by atoms with Gasteiger partial charge in [-0.2, -0.15) is 0 Å². The molecule has 0 N–H and O–H groups in total. The summed E-state index contributed by atoms with van der Waals surface area (Å²) >= 11 is 0. The summed E-state index contributed by atoms with van der Waals surface area (Å²) in [5, 5.41) is 0. The highest BCUT2D eigenvalue weighted by atomic mass is 16.6. The summed E-state index contributed by atoms with van der Waals surface area (Å²) in [5.74, 6) is -0.238. The lowest BCUT2D eigenvalue weighted by Crippen LogP contribution is -2.52. The van der Waals surface area contributed by atoms with Crippen LogP contribution in [0.25, 0.3) is 0 Å². The maximum absolute atomic E-state index is 12.1. The van der Waals surface area contributed by atoms with E-state index in [1.54, 1.807) is 20.8 Å². The van der Waals surface area contributed by atoms with Crippen molar-refractivity contribution in [1.82, 2.24) is 4.90 Å². The lowest BCUT2D eigenvalue weighted by molar-refractivity contribution is -0.131. The van der Waals surface area contributed by atoms with Crippen LogP contribution in [0.3, 0.4) is 0 Å². The number of hydrogen-bond donors (Lipinski definition) is 0. The Morgan fingerprint density at radius 2 is 1.86 bits per heavy atom. The van der Waals surface area contributed by atoms with Gasteiger partial charge in [-0.05, 0) is 39.7 Å². The Hall–Kier alpha value is -2.10. The first-order chi connectivity index (χ1) is 9.78. The van der Waals surface area contributed by atoms with Crippen LogP contribution in [0.2, 0.25) is 0 Å². The SMILES string of the molecule is C/C(Cc1ccccc1)=C1\CN(C(=O)OC(C)(C)C)C1=O. The molecule has 0 bridgehead atoms. The Kier molecular flexibility index (Phi) is 4.16. The third-order valence-electron chi connectivity index (χ3n) is 3.26. The van der Waals surface area contributed by atoms with Crippen LogP contribution in [-0.2, 0) is 16.0 Å². The summed E-state index contributed by atoms with van der Waals surface area (Å²) in [6.07, 6.45) is 0.160. The molecule has 112 valence electrons. The van der Waals surface area contributed by atoms with Gasteiger partial charge in [-0.1, -0.05) is 35.9 Å². The maximum Gasteiger partial charge on any atom is 0.417 e. The van der Waals surface area contributed by atoms with E-state index in [1.807, 2.05) is 37.3 Å². The van der Waals surface area contributed by atoms with E-state index in [4.69, 9.17) is 4.74 Å². The molecule has 4 heteroatoms. The third-order valence-corrected chi connectivity index (χ3v) is 3.26. The zero-order valence-corrected chi connectivity index (χ0v) is 13.0. The molecule has 1 aliphatic heterocycles. The van der Waals surface area contributed by atoms with Crippen LogP contribution < -0.4 is 0 Å². The topological polar surface area (TPSA) is 46.6 Å². The molecule has 0 radical (unpaired) electrons. The first-order valence-corrected chi connectivity index (χ1v) is 7.05. The number of benzene rings is 1. The molecular formula is C17H21NO3. The summed E-state index contributed by atoms with van der Waals surface area (Å²) in [4.78, 5) is 25.1. The van der Waals surface area contributed by atoms with Gasteiger partial charge in [-0.25, -0.2) is 9.69 Å². The lowest BCUT2D eigenvalue weighted by Gasteiger charge is -2.34. The minimum Gasteiger partial charge on any atom is -0.443 e. The fourth-order valence-corrected chi connectivity index (χ4v) is 2.16. The van der Waals surface area contributed by atoms with Crippen LogP contribution in [0.5, 0.6) is 0 Å². The number of amides is 2. The van der Waals surface area contributed by atoms with E-state index in [1.165, 1.54) is 0 Å². The number of allylic oxidation sites excluding steroid dienone is 1. The summed E-state index contributed by atoms with van der Waals surface area (Å²) in [6, 6.07) is 9.97. The molecule has 4 nitrogen and oxygen atoms in total. The molecule has 2 rings (SSSR count). The van der Waals surface area contributed by atoms with Gasteiger partial charge in [0.25, 0.3) is 5.91 Å². The third kappa shape index (κ3) is 3.72. The predicted molar refractivity (Wildman–Crippen MR) is 80.8 cm³/mol. The van der Waals surface area contributed by atoms with Crippen LogP contribution >= 0.6 is 0 Å². The Morgan fingerprint density at radius 3 is 2.38 bits per heavy atom. The zero-order chi connectivity index (χ0) is 15.6. The van der Waals surface area contributed by atoms with E-state index < -0.39 is 11.7 Å². The summed E-state index contributed by atoms with van der Waals surface area (Å²) in [6.45, 7) is 7.63. The molecule has 1 saturated heterocycles.